The second-order valence-corrected chi connectivity index (χ2v) is 6.16. The third-order valence-corrected chi connectivity index (χ3v) is 4.98. The Morgan fingerprint density at radius 2 is 1.31 bits per heavy atom. The van der Waals surface area contributed by atoms with E-state index in [4.69, 9.17) is 46.4 Å². The monoisotopic (exact) mass is 304 g/mol. The molecule has 0 nitrogen and oxygen atoms in total. The first-order chi connectivity index (χ1) is 7.52. The van der Waals surface area contributed by atoms with Crippen molar-refractivity contribution >= 4 is 46.4 Å². The second kappa shape index (κ2) is 9.88. The van der Waals surface area contributed by atoms with E-state index in [1.165, 1.54) is 0 Å². The normalized spacial score (nSPS) is 18.8. The summed E-state index contributed by atoms with van der Waals surface area (Å²) in [5.41, 5.74) is 0. The molecule has 0 aliphatic rings. The first kappa shape index (κ1) is 16.9. The lowest BCUT2D eigenvalue weighted by molar-refractivity contribution is 0.596. The van der Waals surface area contributed by atoms with E-state index in [0.717, 1.165) is 32.1 Å². The Balaban J connectivity index is 3.78. The van der Waals surface area contributed by atoms with Crippen LogP contribution in [0, 0.1) is 0 Å². The predicted octanol–water partition coefficient (Wildman–Crippen LogP) is 5.57. The lowest BCUT2D eigenvalue weighted by Gasteiger charge is -2.19. The lowest BCUT2D eigenvalue weighted by Crippen LogP contribution is -2.20. The van der Waals surface area contributed by atoms with Gasteiger partial charge in [-0.15, -0.1) is 53.0 Å². The Morgan fingerprint density at radius 3 is 1.75 bits per heavy atom. The molecule has 0 aliphatic heterocycles. The minimum absolute atomic E-state index is 0.0149. The van der Waals surface area contributed by atoms with Crippen LogP contribution in [0.4, 0.5) is 0 Å². The molecule has 0 aliphatic carbocycles. The molecule has 0 aromatic carbocycles. The predicted molar refractivity (Wildman–Crippen MR) is 77.5 cm³/mol. The van der Waals surface area contributed by atoms with Crippen molar-refractivity contribution in [2.24, 2.45) is 0 Å². The van der Waals surface area contributed by atoms with E-state index in [9.17, 15) is 0 Å². The van der Waals surface area contributed by atoms with Gasteiger partial charge in [0.2, 0.25) is 0 Å². The lowest BCUT2D eigenvalue weighted by atomic mass is 10.1. The fourth-order valence-electron chi connectivity index (χ4n) is 1.39. The van der Waals surface area contributed by atoms with Crippen molar-refractivity contribution in [3.8, 4) is 0 Å². The van der Waals surface area contributed by atoms with Crippen molar-refractivity contribution in [3.63, 3.8) is 0 Å². The van der Waals surface area contributed by atoms with Gasteiger partial charge in [0.25, 0.3) is 0 Å². The summed E-state index contributed by atoms with van der Waals surface area (Å²) in [7, 11) is 0. The molecule has 4 unspecified atom stereocenters. The van der Waals surface area contributed by atoms with Crippen LogP contribution in [0.3, 0.4) is 0 Å². The quantitative estimate of drug-likeness (QED) is 0.386. The maximum absolute atomic E-state index is 6.19. The molecule has 0 aromatic rings. The maximum Gasteiger partial charge on any atom is 0.0502 e. The van der Waals surface area contributed by atoms with Gasteiger partial charge in [-0.05, 0) is 32.1 Å². The highest BCUT2D eigenvalue weighted by Gasteiger charge is 2.20. The van der Waals surface area contributed by atoms with Crippen LogP contribution in [0.1, 0.15) is 39.0 Å². The largest absolute Gasteiger partial charge is 0.121 e. The molecule has 0 spiro atoms. The van der Waals surface area contributed by atoms with E-state index in [1.807, 2.05) is 13.0 Å². The highest BCUT2D eigenvalue weighted by molar-refractivity contribution is 6.30. The number of halogens is 4. The van der Waals surface area contributed by atoms with Crippen molar-refractivity contribution in [3.05, 3.63) is 12.7 Å². The van der Waals surface area contributed by atoms with E-state index < -0.39 is 0 Å². The van der Waals surface area contributed by atoms with Gasteiger partial charge in [-0.1, -0.05) is 13.0 Å². The summed E-state index contributed by atoms with van der Waals surface area (Å²) in [5, 5.41) is -0.0498. The number of allylic oxidation sites excluding steroid dienone is 1. The standard InChI is InChI=1S/C12H20Cl4/c1-3-5-6-10(14)12(16)8-7-11(15)9(13)4-2/h3,9-12H,1,4-8H2,2H3. The van der Waals surface area contributed by atoms with Crippen LogP contribution in [-0.4, -0.2) is 21.5 Å². The van der Waals surface area contributed by atoms with Gasteiger partial charge in [-0.3, -0.25) is 0 Å². The molecule has 0 N–H and O–H groups in total. The molecular formula is C12H20Cl4. The van der Waals surface area contributed by atoms with Gasteiger partial charge in [0.15, 0.2) is 0 Å². The summed E-state index contributed by atoms with van der Waals surface area (Å²) >= 11 is 24.5. The Kier molecular flexibility index (Phi) is 10.4. The molecule has 0 bridgehead atoms. The molecule has 0 heterocycles. The van der Waals surface area contributed by atoms with Crippen LogP contribution < -0.4 is 0 Å². The Bertz CT molecular complexity index is 184. The third-order valence-electron chi connectivity index (χ3n) is 2.54. The zero-order valence-electron chi connectivity index (χ0n) is 9.64. The van der Waals surface area contributed by atoms with Crippen molar-refractivity contribution in [2.75, 3.05) is 0 Å². The fourth-order valence-corrected chi connectivity index (χ4v) is 2.33. The smallest absolute Gasteiger partial charge is 0.0502 e. The topological polar surface area (TPSA) is 0 Å². The Hall–Kier alpha value is 0.900. The maximum atomic E-state index is 6.19. The highest BCUT2D eigenvalue weighted by Crippen LogP contribution is 2.25. The average molecular weight is 306 g/mol. The van der Waals surface area contributed by atoms with Crippen molar-refractivity contribution in [2.45, 2.75) is 60.5 Å². The van der Waals surface area contributed by atoms with Crippen LogP contribution in [0.15, 0.2) is 12.7 Å². The van der Waals surface area contributed by atoms with Crippen LogP contribution in [-0.2, 0) is 0 Å². The van der Waals surface area contributed by atoms with E-state index in [2.05, 4.69) is 6.58 Å². The molecule has 96 valence electrons. The van der Waals surface area contributed by atoms with Crippen molar-refractivity contribution < 1.29 is 0 Å². The molecule has 0 saturated heterocycles. The zero-order valence-corrected chi connectivity index (χ0v) is 12.7. The minimum atomic E-state index is -0.0383. The Labute approximate surface area is 119 Å². The van der Waals surface area contributed by atoms with Gasteiger partial charge >= 0.3 is 0 Å². The molecule has 0 rings (SSSR count). The molecule has 16 heavy (non-hydrogen) atoms. The molecule has 0 fully saturated rings. The molecule has 0 saturated carbocycles. The van der Waals surface area contributed by atoms with Crippen molar-refractivity contribution in [1.29, 1.82) is 0 Å². The van der Waals surface area contributed by atoms with E-state index in [0.29, 0.717) is 0 Å². The second-order valence-electron chi connectivity index (χ2n) is 3.92. The molecule has 0 amide bonds. The van der Waals surface area contributed by atoms with E-state index in [-0.39, 0.29) is 21.5 Å². The van der Waals surface area contributed by atoms with E-state index >= 15 is 0 Å². The molecule has 0 radical (unpaired) electrons. The van der Waals surface area contributed by atoms with Gasteiger partial charge in [-0.2, -0.15) is 0 Å². The summed E-state index contributed by atoms with van der Waals surface area (Å²) in [5.74, 6) is 0. The number of alkyl halides is 4. The minimum Gasteiger partial charge on any atom is -0.121 e. The highest BCUT2D eigenvalue weighted by atomic mass is 35.5. The number of rotatable bonds is 9. The first-order valence-corrected chi connectivity index (χ1v) is 7.44. The van der Waals surface area contributed by atoms with Crippen LogP contribution in [0.5, 0.6) is 0 Å². The van der Waals surface area contributed by atoms with Crippen LogP contribution >= 0.6 is 46.4 Å². The summed E-state index contributed by atoms with van der Waals surface area (Å²) in [6, 6.07) is 0. The van der Waals surface area contributed by atoms with Gasteiger partial charge in [0, 0.05) is 16.1 Å². The molecule has 4 heteroatoms. The van der Waals surface area contributed by atoms with Crippen LogP contribution in [0.2, 0.25) is 0 Å². The third kappa shape index (κ3) is 7.27. The first-order valence-electron chi connectivity index (χ1n) is 5.70. The van der Waals surface area contributed by atoms with Crippen molar-refractivity contribution in [1.82, 2.24) is 0 Å². The SMILES string of the molecule is C=CCCC(Cl)C(Cl)CCC(Cl)C(Cl)CC. The fraction of sp³-hybridized carbons (Fsp3) is 0.833. The molecule has 4 atom stereocenters. The number of hydrogen-bond acceptors (Lipinski definition) is 0. The Morgan fingerprint density at radius 1 is 0.875 bits per heavy atom. The van der Waals surface area contributed by atoms with Gasteiger partial charge in [-0.25, -0.2) is 0 Å². The van der Waals surface area contributed by atoms with Gasteiger partial charge in [0.05, 0.1) is 5.38 Å². The zero-order chi connectivity index (χ0) is 12.6. The summed E-state index contributed by atoms with van der Waals surface area (Å²) in [6.07, 6.45) is 6.12. The summed E-state index contributed by atoms with van der Waals surface area (Å²) < 4.78 is 0. The number of hydrogen-bond donors (Lipinski definition) is 0. The van der Waals surface area contributed by atoms with E-state index in [1.54, 1.807) is 0 Å². The molecule has 0 aromatic heterocycles. The van der Waals surface area contributed by atoms with Gasteiger partial charge in [0.1, 0.15) is 0 Å². The molecular weight excluding hydrogens is 286 g/mol. The summed E-state index contributed by atoms with van der Waals surface area (Å²) in [6.45, 7) is 5.69. The summed E-state index contributed by atoms with van der Waals surface area (Å²) in [4.78, 5) is 0. The van der Waals surface area contributed by atoms with Gasteiger partial charge < -0.3 is 0 Å². The average Bonchev–Trinajstić information content (AvgIpc) is 2.31. The van der Waals surface area contributed by atoms with Crippen LogP contribution in [0.25, 0.3) is 0 Å².